The van der Waals surface area contributed by atoms with Gasteiger partial charge in [0.15, 0.2) is 14.1 Å². The Morgan fingerprint density at radius 1 is 1.44 bits per heavy atom. The number of thioether (sulfide) groups is 1. The van der Waals surface area contributed by atoms with Gasteiger partial charge in [-0.25, -0.2) is 14.2 Å². The quantitative estimate of drug-likeness (QED) is 0.121. The zero-order valence-electron chi connectivity index (χ0n) is 23.5. The summed E-state index contributed by atoms with van der Waals surface area (Å²) in [6.45, 7) is 11.9. The Kier molecular flexibility index (Phi) is 10.6. The summed E-state index contributed by atoms with van der Waals surface area (Å²) in [5.74, 6) is -0.528. The van der Waals surface area contributed by atoms with Crippen LogP contribution in [-0.2, 0) is 9.16 Å². The number of carboxylic acid groups (broad SMARTS) is 1. The third-order valence-corrected chi connectivity index (χ3v) is 14.3. The summed E-state index contributed by atoms with van der Waals surface area (Å²) >= 11 is 11.0. The van der Waals surface area contributed by atoms with E-state index in [-0.39, 0.29) is 32.1 Å². The molecule has 1 aromatic carbocycles. The van der Waals surface area contributed by atoms with Gasteiger partial charge in [0, 0.05) is 36.2 Å². The molecular weight excluding hydrogens is 625 g/mol. The summed E-state index contributed by atoms with van der Waals surface area (Å²) in [6.07, 6.45) is 6.11. The molecule has 0 unspecified atom stereocenters. The van der Waals surface area contributed by atoms with E-state index in [4.69, 9.17) is 20.8 Å². The molecule has 12 heteroatoms. The number of aromatic nitrogens is 1. The van der Waals surface area contributed by atoms with Crippen LogP contribution in [0.25, 0.3) is 17.0 Å². The van der Waals surface area contributed by atoms with Gasteiger partial charge in [-0.05, 0) is 71.7 Å². The fraction of sp³-hybridized carbons (Fsp3) is 0.556. The molecule has 1 aromatic heterocycles. The lowest BCUT2D eigenvalue weighted by Gasteiger charge is -2.40. The molecule has 0 spiro atoms. The Balaban J connectivity index is 1.96. The number of ether oxygens (including phenoxy) is 1. The van der Waals surface area contributed by atoms with Gasteiger partial charge in [0.05, 0.1) is 28.6 Å². The first-order valence-corrected chi connectivity index (χ1v) is 18.2. The van der Waals surface area contributed by atoms with Crippen molar-refractivity contribution in [1.82, 2.24) is 9.88 Å². The van der Waals surface area contributed by atoms with Gasteiger partial charge < -0.3 is 24.5 Å². The average Bonchev–Trinajstić information content (AvgIpc) is 2.86. The van der Waals surface area contributed by atoms with Crippen molar-refractivity contribution in [2.45, 2.75) is 75.3 Å². The molecule has 216 valence electrons. The number of likely N-dealkylation sites (tertiary alicyclic amines) is 1. The molecule has 0 radical (unpaired) electrons. The van der Waals surface area contributed by atoms with Crippen LogP contribution in [0.1, 0.15) is 45.6 Å². The smallest absolute Gasteiger partial charge is 0.407 e. The molecular formula is C27H38BrClFN3O4SSi. The molecule has 1 aliphatic rings. The first-order valence-electron chi connectivity index (χ1n) is 12.9. The summed E-state index contributed by atoms with van der Waals surface area (Å²) < 4.78 is 27.0. The molecule has 0 bridgehead atoms. The number of methoxy groups -OCH3 is 1. The van der Waals surface area contributed by atoms with Crippen molar-refractivity contribution in [1.29, 1.82) is 0 Å². The minimum Gasteiger partial charge on any atom is -0.504 e. The third-order valence-electron chi connectivity index (χ3n) is 7.71. The van der Waals surface area contributed by atoms with Crippen LogP contribution >= 0.6 is 39.3 Å². The summed E-state index contributed by atoms with van der Waals surface area (Å²) in [5, 5.41) is 15.0. The largest absolute Gasteiger partial charge is 0.504 e. The zero-order chi connectivity index (χ0) is 29.1. The summed E-state index contributed by atoms with van der Waals surface area (Å²) in [4.78, 5) is 18.2. The Bertz CT molecular complexity index is 1240. The number of halogens is 3. The number of hydrogen-bond acceptors (Lipinski definition) is 6. The number of carbonyl (C=O) groups is 1. The maximum absolute atomic E-state index is 15.3. The van der Waals surface area contributed by atoms with Crippen molar-refractivity contribution in [2.75, 3.05) is 31.8 Å². The van der Waals surface area contributed by atoms with E-state index in [2.05, 4.69) is 60.1 Å². The second-order valence-corrected chi connectivity index (χ2v) is 18.0. The number of nitrogens with one attached hydrogen (secondary N) is 1. The number of rotatable bonds is 9. The first kappa shape index (κ1) is 32.0. The highest BCUT2D eigenvalue weighted by molar-refractivity contribution is 9.10. The molecule has 1 fully saturated rings. The first-order chi connectivity index (χ1) is 18.2. The van der Waals surface area contributed by atoms with E-state index in [9.17, 15) is 9.90 Å². The number of pyridine rings is 1. The van der Waals surface area contributed by atoms with E-state index in [0.717, 1.165) is 5.56 Å². The molecule has 2 heterocycles. The summed E-state index contributed by atoms with van der Waals surface area (Å²) in [7, 11) is -0.398. The fourth-order valence-electron chi connectivity index (χ4n) is 4.48. The van der Waals surface area contributed by atoms with Gasteiger partial charge in [0.1, 0.15) is 10.5 Å². The topological polar surface area (TPSA) is 83.9 Å². The van der Waals surface area contributed by atoms with Crippen LogP contribution < -0.4 is 5.32 Å². The van der Waals surface area contributed by atoms with E-state index in [0.29, 0.717) is 48.5 Å². The standard InChI is InChI=1S/C27H38BrClFN3O4SSi/c1-27(2,3)39(6,7)37-13-9-17-14-16(8-11-33(17)26(34)35)31-23-18(10-12-36-4)25(38-5)32-24-19(23)15-20(29)21(28)22(24)30/h10,12,15-17H,8-9,11,13-14H2,1-7H3,(H,31,32)(H,34,35)/b12-10+/t16-,17+/m0/s1. The number of anilines is 1. The predicted molar refractivity (Wildman–Crippen MR) is 165 cm³/mol. The molecule has 1 amide bonds. The molecule has 1 saturated heterocycles. The van der Waals surface area contributed by atoms with Crippen LogP contribution in [0.4, 0.5) is 14.9 Å². The fourth-order valence-corrected chi connectivity index (χ4v) is 6.61. The zero-order valence-corrected chi connectivity index (χ0v) is 27.7. The van der Waals surface area contributed by atoms with Gasteiger partial charge in [-0.1, -0.05) is 32.4 Å². The Morgan fingerprint density at radius 2 is 2.13 bits per heavy atom. The lowest BCUT2D eigenvalue weighted by Crippen LogP contribution is -2.50. The van der Waals surface area contributed by atoms with Crippen LogP contribution in [0.2, 0.25) is 23.2 Å². The number of amides is 1. The number of piperidine rings is 1. The van der Waals surface area contributed by atoms with Gasteiger partial charge in [-0.2, -0.15) is 0 Å². The molecule has 2 atom stereocenters. The maximum atomic E-state index is 15.3. The van der Waals surface area contributed by atoms with Crippen molar-refractivity contribution in [3.63, 3.8) is 0 Å². The van der Waals surface area contributed by atoms with E-state index < -0.39 is 20.2 Å². The van der Waals surface area contributed by atoms with Crippen molar-refractivity contribution < 1.29 is 23.5 Å². The highest BCUT2D eigenvalue weighted by Gasteiger charge is 2.38. The summed E-state index contributed by atoms with van der Waals surface area (Å²) in [5.41, 5.74) is 1.65. The Labute approximate surface area is 249 Å². The maximum Gasteiger partial charge on any atom is 0.407 e. The molecule has 39 heavy (non-hydrogen) atoms. The SMILES string of the molecule is CO/C=C/c1c(SC)nc2c(F)c(Br)c(Cl)cc2c1N[C@H]1CCN(C(=O)O)[C@H](CCO[Si](C)(C)C(C)(C)C)C1. The van der Waals surface area contributed by atoms with Crippen LogP contribution in [0.5, 0.6) is 0 Å². The number of hydrogen-bond donors (Lipinski definition) is 2. The minimum absolute atomic E-state index is 0.0565. The van der Waals surface area contributed by atoms with Crippen LogP contribution in [0.3, 0.4) is 0 Å². The van der Waals surface area contributed by atoms with E-state index in [1.165, 1.54) is 16.7 Å². The molecule has 7 nitrogen and oxygen atoms in total. The van der Waals surface area contributed by atoms with Gasteiger partial charge >= 0.3 is 6.09 Å². The normalized spacial score (nSPS) is 18.7. The molecule has 3 rings (SSSR count). The van der Waals surface area contributed by atoms with Gasteiger partial charge in [-0.15, -0.1) is 11.8 Å². The minimum atomic E-state index is -1.96. The number of benzene rings is 1. The third kappa shape index (κ3) is 7.22. The molecule has 2 aromatic rings. The van der Waals surface area contributed by atoms with Gasteiger partial charge in [0.25, 0.3) is 0 Å². The molecule has 0 saturated carbocycles. The highest BCUT2D eigenvalue weighted by atomic mass is 79.9. The van der Waals surface area contributed by atoms with Crippen molar-refractivity contribution >= 4 is 76.4 Å². The van der Waals surface area contributed by atoms with Crippen molar-refractivity contribution in [3.05, 3.63) is 33.2 Å². The van der Waals surface area contributed by atoms with Crippen molar-refractivity contribution in [3.8, 4) is 0 Å². The average molecular weight is 663 g/mol. The Hall–Kier alpha value is -1.53. The van der Waals surface area contributed by atoms with E-state index in [1.54, 1.807) is 25.5 Å². The van der Waals surface area contributed by atoms with Crippen molar-refractivity contribution in [2.24, 2.45) is 0 Å². The van der Waals surface area contributed by atoms with Crippen LogP contribution in [-0.4, -0.2) is 68.0 Å². The molecule has 0 aliphatic carbocycles. The molecule has 2 N–H and O–H groups in total. The lowest BCUT2D eigenvalue weighted by molar-refractivity contribution is 0.0924. The Morgan fingerprint density at radius 3 is 2.72 bits per heavy atom. The van der Waals surface area contributed by atoms with Crippen LogP contribution in [0, 0.1) is 5.82 Å². The monoisotopic (exact) mass is 661 g/mol. The number of fused-ring (bicyclic) bond motifs is 1. The van der Waals surface area contributed by atoms with Crippen LogP contribution in [0.15, 0.2) is 21.8 Å². The predicted octanol–water partition coefficient (Wildman–Crippen LogP) is 8.46. The summed E-state index contributed by atoms with van der Waals surface area (Å²) in [6, 6.07) is 1.43. The molecule has 1 aliphatic heterocycles. The highest BCUT2D eigenvalue weighted by Crippen LogP contribution is 2.41. The number of nitrogens with zero attached hydrogens (tertiary/aromatic N) is 2. The van der Waals surface area contributed by atoms with Gasteiger partial charge in [0.2, 0.25) is 0 Å². The second kappa shape index (κ2) is 13.0. The lowest BCUT2D eigenvalue weighted by atomic mass is 9.94. The van der Waals surface area contributed by atoms with E-state index in [1.807, 2.05) is 6.26 Å². The van der Waals surface area contributed by atoms with Gasteiger partial charge in [-0.3, -0.25) is 0 Å². The second-order valence-electron chi connectivity index (χ2n) is 11.2. The van der Waals surface area contributed by atoms with E-state index >= 15 is 4.39 Å².